The number of hydrogen-bond donors (Lipinski definition) is 2. The normalized spacial score (nSPS) is 17.7. The minimum absolute atomic E-state index is 0.00378. The highest BCUT2D eigenvalue weighted by Crippen LogP contribution is 2.26. The van der Waals surface area contributed by atoms with Crippen LogP contribution in [0.15, 0.2) is 47.5 Å². The molecule has 1 saturated heterocycles. The lowest BCUT2D eigenvalue weighted by Crippen LogP contribution is -2.28. The Morgan fingerprint density at radius 3 is 2.70 bits per heavy atom. The van der Waals surface area contributed by atoms with Crippen LogP contribution in [0, 0.1) is 12.7 Å². The monoisotopic (exact) mass is 387 g/mol. The Balaban J connectivity index is 1.60. The molecule has 2 aromatic rings. The van der Waals surface area contributed by atoms with Crippen molar-refractivity contribution in [3.8, 4) is 5.75 Å². The van der Waals surface area contributed by atoms with Gasteiger partial charge < -0.3 is 15.4 Å². The molecule has 1 atom stereocenters. The molecule has 1 aliphatic rings. The van der Waals surface area contributed by atoms with E-state index in [4.69, 9.17) is 4.74 Å². The molecule has 1 heterocycles. The third-order valence-corrected chi connectivity index (χ3v) is 4.99. The molecule has 0 radical (unpaired) electrons. The molecule has 2 aromatic carbocycles. The van der Waals surface area contributed by atoms with Crippen molar-refractivity contribution in [3.05, 3.63) is 53.8 Å². The molecule has 140 valence electrons. The third-order valence-electron chi connectivity index (χ3n) is 3.91. The summed E-state index contributed by atoms with van der Waals surface area (Å²) in [4.78, 5) is 28.5. The lowest BCUT2D eigenvalue weighted by atomic mass is 10.2. The Hall–Kier alpha value is -2.87. The first-order valence-corrected chi connectivity index (χ1v) is 9.09. The molecule has 3 rings (SSSR count). The zero-order valence-electron chi connectivity index (χ0n) is 14.8. The highest BCUT2D eigenvalue weighted by atomic mass is 32.2. The molecule has 27 heavy (non-hydrogen) atoms. The maximum atomic E-state index is 13.6. The molecule has 0 saturated carbocycles. The van der Waals surface area contributed by atoms with Crippen LogP contribution in [0.3, 0.4) is 0 Å². The van der Waals surface area contributed by atoms with Crippen LogP contribution in [0.2, 0.25) is 0 Å². The molecule has 0 unspecified atom stereocenters. The smallest absolute Gasteiger partial charge is 0.240 e. The number of carbonyl (C=O) groups is 2. The van der Waals surface area contributed by atoms with E-state index in [1.165, 1.54) is 6.07 Å². The van der Waals surface area contributed by atoms with Crippen LogP contribution in [0.25, 0.3) is 0 Å². The molecule has 2 amide bonds. The number of hydrogen-bond acceptors (Lipinski definition) is 5. The van der Waals surface area contributed by atoms with E-state index in [2.05, 4.69) is 15.6 Å². The Bertz CT molecular complexity index is 900. The predicted molar refractivity (Wildman–Crippen MR) is 104 cm³/mol. The van der Waals surface area contributed by atoms with Gasteiger partial charge in [0, 0.05) is 12.1 Å². The number of methoxy groups -OCH3 is 1. The molecule has 8 heteroatoms. The van der Waals surface area contributed by atoms with Crippen molar-refractivity contribution in [1.29, 1.82) is 0 Å². The molecular formula is C19H18FN3O3S. The number of nitrogens with zero attached hydrogens (tertiary/aromatic N) is 1. The highest BCUT2D eigenvalue weighted by Gasteiger charge is 2.32. The lowest BCUT2D eigenvalue weighted by Gasteiger charge is -2.08. The fraction of sp³-hybridized carbons (Fsp3) is 0.211. The zero-order chi connectivity index (χ0) is 19.4. The molecule has 0 aliphatic carbocycles. The van der Waals surface area contributed by atoms with Gasteiger partial charge in [0.2, 0.25) is 11.8 Å². The number of aryl methyl sites for hydroxylation is 1. The molecule has 1 aliphatic heterocycles. The number of halogens is 1. The number of ether oxygens (including phenoxy) is 1. The highest BCUT2D eigenvalue weighted by molar-refractivity contribution is 8.15. The van der Waals surface area contributed by atoms with Crippen molar-refractivity contribution in [3.63, 3.8) is 0 Å². The van der Waals surface area contributed by atoms with Crippen LogP contribution in [0.4, 0.5) is 15.8 Å². The number of rotatable bonds is 5. The van der Waals surface area contributed by atoms with Gasteiger partial charge in [0.15, 0.2) is 5.17 Å². The topological polar surface area (TPSA) is 79.8 Å². The van der Waals surface area contributed by atoms with Crippen molar-refractivity contribution < 1.29 is 18.7 Å². The van der Waals surface area contributed by atoms with Crippen LogP contribution in [-0.2, 0) is 9.59 Å². The first-order valence-electron chi connectivity index (χ1n) is 8.21. The summed E-state index contributed by atoms with van der Waals surface area (Å²) < 4.78 is 18.7. The van der Waals surface area contributed by atoms with Gasteiger partial charge in [-0.25, -0.2) is 9.38 Å². The minimum atomic E-state index is -0.586. The number of aliphatic imine (C=N–C) groups is 1. The number of carbonyl (C=O) groups excluding carboxylic acids is 2. The third kappa shape index (κ3) is 4.85. The number of amidine groups is 1. The van der Waals surface area contributed by atoms with E-state index >= 15 is 0 Å². The summed E-state index contributed by atoms with van der Waals surface area (Å²) in [5, 5.41) is 5.13. The molecule has 2 N–H and O–H groups in total. The van der Waals surface area contributed by atoms with Gasteiger partial charge in [-0.1, -0.05) is 17.8 Å². The summed E-state index contributed by atoms with van der Waals surface area (Å²) in [5.74, 6) is -0.250. The molecule has 6 nitrogen and oxygen atoms in total. The van der Waals surface area contributed by atoms with E-state index in [1.807, 2.05) is 0 Å². The number of benzene rings is 2. The Morgan fingerprint density at radius 1 is 1.30 bits per heavy atom. The van der Waals surface area contributed by atoms with E-state index in [1.54, 1.807) is 50.4 Å². The quantitative estimate of drug-likeness (QED) is 0.824. The Kier molecular flexibility index (Phi) is 5.75. The fourth-order valence-corrected chi connectivity index (χ4v) is 3.40. The largest absolute Gasteiger partial charge is 0.497 e. The van der Waals surface area contributed by atoms with E-state index in [0.717, 1.165) is 11.8 Å². The standard InChI is InChI=1S/C19H18FN3O3S/c1-11-3-4-13(9-15(11)20)22-19-23-18(25)16(27-19)10-17(24)21-12-5-7-14(26-2)8-6-12/h3-9,16H,10H2,1-2H3,(H,21,24)(H,22,23,25)/t16-/m1/s1. The van der Waals surface area contributed by atoms with Crippen molar-refractivity contribution in [2.24, 2.45) is 4.99 Å². The SMILES string of the molecule is COc1ccc(NC(=O)C[C@H]2SC(=Nc3ccc(C)c(F)c3)NC2=O)cc1. The summed E-state index contributed by atoms with van der Waals surface area (Å²) in [6.45, 7) is 1.66. The molecular weight excluding hydrogens is 369 g/mol. The minimum Gasteiger partial charge on any atom is -0.497 e. The van der Waals surface area contributed by atoms with Crippen molar-refractivity contribution in [2.45, 2.75) is 18.6 Å². The van der Waals surface area contributed by atoms with Gasteiger partial charge in [0.05, 0.1) is 12.8 Å². The number of nitrogens with one attached hydrogen (secondary N) is 2. The van der Waals surface area contributed by atoms with Crippen LogP contribution >= 0.6 is 11.8 Å². The summed E-state index contributed by atoms with van der Waals surface area (Å²) >= 11 is 1.15. The van der Waals surface area contributed by atoms with Crippen LogP contribution in [-0.4, -0.2) is 29.3 Å². The second kappa shape index (κ2) is 8.22. The Labute approximate surface area is 160 Å². The van der Waals surface area contributed by atoms with Crippen LogP contribution < -0.4 is 15.4 Å². The predicted octanol–water partition coefficient (Wildman–Crippen LogP) is 3.39. The summed E-state index contributed by atoms with van der Waals surface area (Å²) in [7, 11) is 1.56. The Morgan fingerprint density at radius 2 is 2.04 bits per heavy atom. The van der Waals surface area contributed by atoms with Crippen molar-refractivity contribution in [1.82, 2.24) is 5.32 Å². The van der Waals surface area contributed by atoms with Gasteiger partial charge in [0.1, 0.15) is 16.8 Å². The fourth-order valence-electron chi connectivity index (χ4n) is 2.42. The number of thioether (sulfide) groups is 1. The molecule has 1 fully saturated rings. The van der Waals surface area contributed by atoms with Gasteiger partial charge in [0.25, 0.3) is 0 Å². The summed E-state index contributed by atoms with van der Waals surface area (Å²) in [5.41, 5.74) is 1.55. The van der Waals surface area contributed by atoms with Gasteiger partial charge in [-0.2, -0.15) is 0 Å². The number of anilines is 1. The molecule has 0 bridgehead atoms. The van der Waals surface area contributed by atoms with Gasteiger partial charge >= 0.3 is 0 Å². The van der Waals surface area contributed by atoms with E-state index in [0.29, 0.717) is 27.9 Å². The van der Waals surface area contributed by atoms with Crippen molar-refractivity contribution in [2.75, 3.05) is 12.4 Å². The van der Waals surface area contributed by atoms with Crippen LogP contribution in [0.5, 0.6) is 5.75 Å². The zero-order valence-corrected chi connectivity index (χ0v) is 15.6. The van der Waals surface area contributed by atoms with Gasteiger partial charge in [-0.3, -0.25) is 9.59 Å². The first-order chi connectivity index (χ1) is 12.9. The molecule has 0 aromatic heterocycles. The lowest BCUT2D eigenvalue weighted by molar-refractivity contribution is -0.122. The average molecular weight is 387 g/mol. The van der Waals surface area contributed by atoms with E-state index in [-0.39, 0.29) is 24.1 Å². The molecule has 0 spiro atoms. The number of amides is 2. The van der Waals surface area contributed by atoms with Gasteiger partial charge in [-0.15, -0.1) is 0 Å². The summed E-state index contributed by atoms with van der Waals surface area (Å²) in [6.07, 6.45) is 0.00378. The average Bonchev–Trinajstić information content (AvgIpc) is 2.97. The van der Waals surface area contributed by atoms with Crippen molar-refractivity contribution >= 4 is 40.1 Å². The summed E-state index contributed by atoms with van der Waals surface area (Å²) in [6, 6.07) is 11.5. The van der Waals surface area contributed by atoms with Gasteiger partial charge in [-0.05, 0) is 48.9 Å². The first kappa shape index (κ1) is 18.9. The van der Waals surface area contributed by atoms with E-state index < -0.39 is 5.25 Å². The maximum absolute atomic E-state index is 13.6. The second-order valence-electron chi connectivity index (χ2n) is 5.93. The second-order valence-corrected chi connectivity index (χ2v) is 7.12. The van der Waals surface area contributed by atoms with E-state index in [9.17, 15) is 14.0 Å². The maximum Gasteiger partial charge on any atom is 0.240 e. The van der Waals surface area contributed by atoms with Crippen LogP contribution in [0.1, 0.15) is 12.0 Å².